The number of halogens is 2. The Kier molecular flexibility index (Phi) is 5.63. The van der Waals surface area contributed by atoms with Gasteiger partial charge in [0.2, 0.25) is 10.0 Å². The molecule has 6 nitrogen and oxygen atoms in total. The van der Waals surface area contributed by atoms with E-state index in [1.54, 1.807) is 24.3 Å². The highest BCUT2D eigenvalue weighted by atomic mass is 35.5. The van der Waals surface area contributed by atoms with E-state index in [9.17, 15) is 17.6 Å². The molecule has 1 N–H and O–H groups in total. The van der Waals surface area contributed by atoms with Crippen LogP contribution in [0.2, 0.25) is 5.02 Å². The zero-order valence-corrected chi connectivity index (χ0v) is 18.2. The van der Waals surface area contributed by atoms with E-state index in [2.05, 4.69) is 10.3 Å². The van der Waals surface area contributed by atoms with Crippen LogP contribution in [0.25, 0.3) is 0 Å². The number of aryl methyl sites for hydroxylation is 1. The maximum atomic E-state index is 13.4. The van der Waals surface area contributed by atoms with Crippen LogP contribution in [0.15, 0.2) is 47.4 Å². The predicted molar refractivity (Wildman–Crippen MR) is 114 cm³/mol. The lowest BCUT2D eigenvalue weighted by atomic mass is 10.2. The van der Waals surface area contributed by atoms with Crippen LogP contribution in [0.4, 0.5) is 9.52 Å². The molecule has 10 heteroatoms. The largest absolute Gasteiger partial charge is 0.298 e. The van der Waals surface area contributed by atoms with E-state index in [1.165, 1.54) is 27.8 Å². The van der Waals surface area contributed by atoms with Crippen molar-refractivity contribution in [2.75, 3.05) is 11.9 Å². The van der Waals surface area contributed by atoms with Crippen LogP contribution in [0.1, 0.15) is 26.5 Å². The lowest BCUT2D eigenvalue weighted by molar-refractivity contribution is 0.102. The van der Waals surface area contributed by atoms with Gasteiger partial charge in [-0.15, -0.1) is 11.3 Å². The van der Waals surface area contributed by atoms with Gasteiger partial charge in [-0.1, -0.05) is 29.3 Å². The summed E-state index contributed by atoms with van der Waals surface area (Å²) < 4.78 is 40.7. The Morgan fingerprint density at radius 3 is 2.70 bits per heavy atom. The fourth-order valence-electron chi connectivity index (χ4n) is 3.13. The summed E-state index contributed by atoms with van der Waals surface area (Å²) >= 11 is 7.18. The molecule has 0 unspecified atom stereocenters. The quantitative estimate of drug-likeness (QED) is 0.625. The summed E-state index contributed by atoms with van der Waals surface area (Å²) in [5, 5.41) is 3.07. The number of nitrogens with zero attached hydrogens (tertiary/aromatic N) is 2. The lowest BCUT2D eigenvalue weighted by Gasteiger charge is -2.25. The topological polar surface area (TPSA) is 79.4 Å². The molecule has 0 atom stereocenters. The molecule has 0 aliphatic carbocycles. The molecule has 0 radical (unpaired) electrons. The fourth-order valence-corrected chi connectivity index (χ4v) is 5.84. The molecule has 30 heavy (non-hydrogen) atoms. The van der Waals surface area contributed by atoms with E-state index in [1.807, 2.05) is 6.92 Å². The molecule has 3 aromatic rings. The fraction of sp³-hybridized carbons (Fsp3) is 0.200. The molecule has 2 aromatic carbocycles. The van der Waals surface area contributed by atoms with Crippen molar-refractivity contribution >= 4 is 44.0 Å². The minimum atomic E-state index is -3.62. The van der Waals surface area contributed by atoms with Crippen molar-refractivity contribution in [2.45, 2.75) is 24.8 Å². The van der Waals surface area contributed by atoms with E-state index in [-0.39, 0.29) is 22.0 Å². The van der Waals surface area contributed by atoms with Crippen molar-refractivity contribution in [1.29, 1.82) is 0 Å². The van der Waals surface area contributed by atoms with Gasteiger partial charge in [-0.3, -0.25) is 10.1 Å². The average molecular weight is 466 g/mol. The molecule has 0 bridgehead atoms. The highest BCUT2D eigenvalue weighted by Gasteiger charge is 2.30. The first-order valence-electron chi connectivity index (χ1n) is 9.06. The number of fused-ring (bicyclic) bond motifs is 1. The Balaban J connectivity index is 1.53. The van der Waals surface area contributed by atoms with Crippen LogP contribution in [0, 0.1) is 12.7 Å². The maximum Gasteiger partial charge on any atom is 0.259 e. The first-order valence-corrected chi connectivity index (χ1v) is 11.7. The van der Waals surface area contributed by atoms with Crippen LogP contribution in [-0.4, -0.2) is 30.2 Å². The molecular formula is C20H17ClFN3O3S2. The lowest BCUT2D eigenvalue weighted by Crippen LogP contribution is -2.35. The Labute approximate surface area is 182 Å². The highest BCUT2D eigenvalue weighted by molar-refractivity contribution is 7.89. The van der Waals surface area contributed by atoms with Gasteiger partial charge in [-0.05, 0) is 37.3 Å². The standard InChI is InChI=1S/C20H17ClFN3O3S2/c1-12-2-5-14(6-3-12)30(27,28)25-9-8-17-18(11-25)29-20(23-17)24-19(26)15-10-13(22)4-7-16(15)21/h2-7,10H,8-9,11H2,1H3,(H,23,24,26). The maximum absolute atomic E-state index is 13.4. The van der Waals surface area contributed by atoms with Gasteiger partial charge in [0.1, 0.15) is 5.82 Å². The summed E-state index contributed by atoms with van der Waals surface area (Å²) in [5.41, 5.74) is 1.74. The number of carbonyl (C=O) groups excluding carboxylic acids is 1. The molecule has 0 saturated heterocycles. The number of hydrogen-bond donors (Lipinski definition) is 1. The molecule has 1 amide bonds. The molecular weight excluding hydrogens is 449 g/mol. The van der Waals surface area contributed by atoms with Crippen LogP contribution in [0.5, 0.6) is 0 Å². The third kappa shape index (κ3) is 4.11. The van der Waals surface area contributed by atoms with Crippen LogP contribution < -0.4 is 5.32 Å². The number of carbonyl (C=O) groups is 1. The van der Waals surface area contributed by atoms with E-state index in [0.717, 1.165) is 22.2 Å². The molecule has 0 spiro atoms. The molecule has 0 saturated carbocycles. The summed E-state index contributed by atoms with van der Waals surface area (Å²) in [7, 11) is -3.62. The van der Waals surface area contributed by atoms with Gasteiger partial charge in [-0.25, -0.2) is 17.8 Å². The number of hydrogen-bond acceptors (Lipinski definition) is 5. The van der Waals surface area contributed by atoms with Crippen molar-refractivity contribution in [3.8, 4) is 0 Å². The van der Waals surface area contributed by atoms with E-state index < -0.39 is 21.7 Å². The third-order valence-corrected chi connectivity index (χ3v) is 7.94. The van der Waals surface area contributed by atoms with Crippen molar-refractivity contribution in [3.63, 3.8) is 0 Å². The summed E-state index contributed by atoms with van der Waals surface area (Å²) in [6.45, 7) is 2.38. The first kappa shape index (κ1) is 20.9. The van der Waals surface area contributed by atoms with Crippen LogP contribution in [-0.2, 0) is 23.0 Å². The Morgan fingerprint density at radius 1 is 1.23 bits per heavy atom. The number of anilines is 1. The van der Waals surface area contributed by atoms with Gasteiger partial charge in [0.15, 0.2) is 5.13 Å². The molecule has 4 rings (SSSR count). The minimum Gasteiger partial charge on any atom is -0.298 e. The predicted octanol–water partition coefficient (Wildman–Crippen LogP) is 4.24. The van der Waals surface area contributed by atoms with Crippen LogP contribution in [0.3, 0.4) is 0 Å². The van der Waals surface area contributed by atoms with Gasteiger partial charge in [0.25, 0.3) is 5.91 Å². The van der Waals surface area contributed by atoms with Gasteiger partial charge in [0, 0.05) is 17.8 Å². The number of nitrogens with one attached hydrogen (secondary N) is 1. The Hall–Kier alpha value is -2.33. The number of rotatable bonds is 4. The molecule has 156 valence electrons. The highest BCUT2D eigenvalue weighted by Crippen LogP contribution is 2.31. The van der Waals surface area contributed by atoms with Gasteiger partial charge in [0.05, 0.1) is 27.7 Å². The zero-order chi connectivity index (χ0) is 21.5. The first-order chi connectivity index (χ1) is 14.2. The van der Waals surface area contributed by atoms with Crippen molar-refractivity contribution in [1.82, 2.24) is 9.29 Å². The molecule has 0 fully saturated rings. The monoisotopic (exact) mass is 465 g/mol. The van der Waals surface area contributed by atoms with Gasteiger partial charge < -0.3 is 0 Å². The molecule has 2 heterocycles. The zero-order valence-electron chi connectivity index (χ0n) is 15.9. The smallest absolute Gasteiger partial charge is 0.259 e. The second-order valence-corrected chi connectivity index (χ2v) is 10.3. The number of benzene rings is 2. The van der Waals surface area contributed by atoms with E-state index in [4.69, 9.17) is 11.6 Å². The second kappa shape index (κ2) is 8.07. The number of thiazole rings is 1. The summed E-state index contributed by atoms with van der Waals surface area (Å²) in [5.74, 6) is -1.14. The summed E-state index contributed by atoms with van der Waals surface area (Å²) in [6, 6.07) is 10.3. The van der Waals surface area contributed by atoms with Crippen LogP contribution >= 0.6 is 22.9 Å². The summed E-state index contributed by atoms with van der Waals surface area (Å²) in [4.78, 5) is 17.8. The Bertz CT molecular complexity index is 1230. The number of aromatic nitrogens is 1. The van der Waals surface area contributed by atoms with Crippen molar-refractivity contribution in [2.24, 2.45) is 0 Å². The number of sulfonamides is 1. The van der Waals surface area contributed by atoms with Crippen molar-refractivity contribution < 1.29 is 17.6 Å². The molecule has 1 aliphatic rings. The normalized spacial score (nSPS) is 14.4. The minimum absolute atomic E-state index is 0.00779. The second-order valence-electron chi connectivity index (χ2n) is 6.87. The number of amides is 1. The SMILES string of the molecule is Cc1ccc(S(=O)(=O)N2CCc3nc(NC(=O)c4cc(F)ccc4Cl)sc3C2)cc1. The van der Waals surface area contributed by atoms with Gasteiger partial charge in [-0.2, -0.15) is 4.31 Å². The van der Waals surface area contributed by atoms with Crippen molar-refractivity contribution in [3.05, 3.63) is 75.0 Å². The average Bonchev–Trinajstić information content (AvgIpc) is 3.11. The Morgan fingerprint density at radius 2 is 1.97 bits per heavy atom. The van der Waals surface area contributed by atoms with E-state index in [0.29, 0.717) is 18.1 Å². The van der Waals surface area contributed by atoms with Gasteiger partial charge >= 0.3 is 0 Å². The molecule has 1 aliphatic heterocycles. The molecule has 1 aromatic heterocycles. The summed E-state index contributed by atoms with van der Waals surface area (Å²) in [6.07, 6.45) is 0.438. The third-order valence-electron chi connectivity index (χ3n) is 4.75. The van der Waals surface area contributed by atoms with E-state index >= 15 is 0 Å².